The summed E-state index contributed by atoms with van der Waals surface area (Å²) >= 11 is 0. The molecule has 4 unspecified atom stereocenters. The third kappa shape index (κ3) is 4.42. The number of hydrogen-bond acceptors (Lipinski definition) is 4. The number of H-pyrrole nitrogens is 2. The third-order valence-corrected chi connectivity index (χ3v) is 7.37. The van der Waals surface area contributed by atoms with E-state index in [1.165, 1.54) is 6.42 Å². The molecule has 6 rings (SSSR count). The van der Waals surface area contributed by atoms with Gasteiger partial charge in [0, 0.05) is 17.6 Å². The largest absolute Gasteiger partial charge is 0.341 e. The molecular weight excluding hydrogens is 439 g/mol. The molecule has 4 aromatic rings. The van der Waals surface area contributed by atoms with Gasteiger partial charge in [0.1, 0.15) is 17.3 Å². The molecular formula is C28H31FN6. The Morgan fingerprint density at radius 2 is 1.23 bits per heavy atom. The Hall–Kier alpha value is -3.29. The highest BCUT2D eigenvalue weighted by atomic mass is 19.1. The highest BCUT2D eigenvalue weighted by molar-refractivity contribution is 5.71. The summed E-state index contributed by atoms with van der Waals surface area (Å²) in [6.45, 7) is 4.36. The zero-order valence-electron chi connectivity index (χ0n) is 20.1. The van der Waals surface area contributed by atoms with E-state index in [1.54, 1.807) is 0 Å². The van der Waals surface area contributed by atoms with Crippen LogP contribution in [0.15, 0.2) is 54.7 Å². The van der Waals surface area contributed by atoms with Crippen LogP contribution in [0.4, 0.5) is 4.39 Å². The monoisotopic (exact) mass is 470 g/mol. The molecule has 2 aliphatic heterocycles. The maximum Gasteiger partial charge on any atom is 0.219 e. The van der Waals surface area contributed by atoms with E-state index < -0.39 is 0 Å². The summed E-state index contributed by atoms with van der Waals surface area (Å²) in [5.74, 6) is 1.32. The molecule has 180 valence electrons. The molecule has 0 spiro atoms. The van der Waals surface area contributed by atoms with Crippen molar-refractivity contribution in [3.05, 3.63) is 72.3 Å². The van der Waals surface area contributed by atoms with Crippen molar-refractivity contribution < 1.29 is 4.39 Å². The predicted octanol–water partition coefficient (Wildman–Crippen LogP) is 5.90. The van der Waals surface area contributed by atoms with Gasteiger partial charge in [-0.3, -0.25) is 0 Å². The average molecular weight is 471 g/mol. The van der Waals surface area contributed by atoms with Crippen LogP contribution in [0.5, 0.6) is 0 Å². The van der Waals surface area contributed by atoms with Gasteiger partial charge in [-0.15, -0.1) is 0 Å². The Bertz CT molecular complexity index is 1310. The Morgan fingerprint density at radius 3 is 1.80 bits per heavy atom. The molecule has 7 heteroatoms. The number of halogens is 1. The summed E-state index contributed by atoms with van der Waals surface area (Å²) in [5.41, 5.74) is 5.48. The van der Waals surface area contributed by atoms with Crippen LogP contribution < -0.4 is 10.6 Å². The van der Waals surface area contributed by atoms with Crippen LogP contribution in [-0.4, -0.2) is 32.0 Å². The molecule has 2 aliphatic rings. The van der Waals surface area contributed by atoms with Crippen molar-refractivity contribution in [2.75, 3.05) is 0 Å². The number of imidazole rings is 2. The number of rotatable bonds is 5. The van der Waals surface area contributed by atoms with Crippen LogP contribution in [-0.2, 0) is 0 Å². The molecule has 4 N–H and O–H groups in total. The number of aromatic nitrogens is 4. The fourth-order valence-electron chi connectivity index (χ4n) is 5.33. The first-order valence-electron chi connectivity index (χ1n) is 12.6. The lowest BCUT2D eigenvalue weighted by Gasteiger charge is -2.08. The van der Waals surface area contributed by atoms with E-state index in [2.05, 4.69) is 68.7 Å². The Kier molecular flexibility index (Phi) is 5.74. The molecule has 2 aromatic heterocycles. The number of nitrogens with zero attached hydrogens (tertiary/aromatic N) is 2. The fourth-order valence-corrected chi connectivity index (χ4v) is 5.33. The highest BCUT2D eigenvalue weighted by Crippen LogP contribution is 2.31. The topological polar surface area (TPSA) is 81.4 Å². The Balaban J connectivity index is 1.17. The average Bonchev–Trinajstić information content (AvgIpc) is 3.67. The van der Waals surface area contributed by atoms with E-state index >= 15 is 0 Å². The summed E-state index contributed by atoms with van der Waals surface area (Å²) in [7, 11) is 0. The van der Waals surface area contributed by atoms with E-state index in [1.807, 2.05) is 30.5 Å². The second-order valence-corrected chi connectivity index (χ2v) is 10.0. The lowest BCUT2D eigenvalue weighted by atomic mass is 10.0. The van der Waals surface area contributed by atoms with E-state index in [0.717, 1.165) is 53.0 Å². The summed E-state index contributed by atoms with van der Waals surface area (Å²) < 4.78 is 14.6. The first kappa shape index (κ1) is 22.2. The summed E-state index contributed by atoms with van der Waals surface area (Å²) in [6, 6.07) is 17.7. The van der Waals surface area contributed by atoms with Gasteiger partial charge in [-0.25, -0.2) is 9.97 Å². The van der Waals surface area contributed by atoms with Gasteiger partial charge in [-0.1, -0.05) is 48.5 Å². The number of aromatic amines is 2. The molecule has 0 amide bonds. The smallest absolute Gasteiger partial charge is 0.219 e. The van der Waals surface area contributed by atoms with Crippen LogP contribution >= 0.6 is 0 Å². The minimum Gasteiger partial charge on any atom is -0.341 e. The second kappa shape index (κ2) is 9.06. The van der Waals surface area contributed by atoms with Gasteiger partial charge in [-0.2, -0.15) is 4.39 Å². The lowest BCUT2D eigenvalue weighted by molar-refractivity contribution is 0.546. The molecule has 2 fully saturated rings. The Labute approximate surface area is 204 Å². The van der Waals surface area contributed by atoms with Crippen LogP contribution in [0.25, 0.3) is 33.6 Å². The number of nitrogens with one attached hydrogen (secondary N) is 4. The van der Waals surface area contributed by atoms with Crippen LogP contribution in [0, 0.1) is 5.95 Å². The lowest BCUT2D eigenvalue weighted by Crippen LogP contribution is -2.21. The van der Waals surface area contributed by atoms with Crippen molar-refractivity contribution in [2.45, 2.75) is 63.7 Å². The van der Waals surface area contributed by atoms with E-state index in [0.29, 0.717) is 29.6 Å². The number of hydrogen-bond donors (Lipinski definition) is 4. The standard InChI is InChI=1S/C28H31FN6/c1-16-3-13-22(31-16)27-30-15-24(33-27)20-9-5-18(6-10-20)19-7-11-21(12-8-19)25-26(29)35-28(34-25)23-14-4-17(2)32-23/h5-12,15-17,22-23,31-32H,3-4,13-14H2,1-2H3,(H,30,33)(H,34,35). The molecule has 2 aromatic carbocycles. The van der Waals surface area contributed by atoms with Gasteiger partial charge in [-0.05, 0) is 56.2 Å². The van der Waals surface area contributed by atoms with Crippen molar-refractivity contribution in [2.24, 2.45) is 0 Å². The summed E-state index contributed by atoms with van der Waals surface area (Å²) in [5, 5.41) is 7.03. The first-order valence-corrected chi connectivity index (χ1v) is 12.6. The molecule has 0 bridgehead atoms. The van der Waals surface area contributed by atoms with Crippen molar-refractivity contribution in [3.8, 4) is 33.6 Å². The van der Waals surface area contributed by atoms with Gasteiger partial charge in [0.2, 0.25) is 5.95 Å². The van der Waals surface area contributed by atoms with Crippen LogP contribution in [0.1, 0.15) is 63.3 Å². The quantitative estimate of drug-likeness (QED) is 0.293. The summed E-state index contributed by atoms with van der Waals surface area (Å²) in [6.07, 6.45) is 6.26. The Morgan fingerprint density at radius 1 is 0.686 bits per heavy atom. The first-order chi connectivity index (χ1) is 17.0. The molecule has 4 heterocycles. The van der Waals surface area contributed by atoms with Crippen molar-refractivity contribution >= 4 is 0 Å². The maximum absolute atomic E-state index is 14.6. The minimum atomic E-state index is -0.375. The van der Waals surface area contributed by atoms with Crippen molar-refractivity contribution in [1.29, 1.82) is 0 Å². The van der Waals surface area contributed by atoms with Crippen LogP contribution in [0.3, 0.4) is 0 Å². The van der Waals surface area contributed by atoms with Gasteiger partial charge in [0.15, 0.2) is 0 Å². The normalized spacial score (nSPS) is 24.3. The number of benzene rings is 2. The van der Waals surface area contributed by atoms with E-state index in [-0.39, 0.29) is 12.0 Å². The zero-order chi connectivity index (χ0) is 23.9. The van der Waals surface area contributed by atoms with Gasteiger partial charge >= 0.3 is 0 Å². The maximum atomic E-state index is 14.6. The minimum absolute atomic E-state index is 0.0926. The molecule has 0 saturated carbocycles. The van der Waals surface area contributed by atoms with E-state index in [4.69, 9.17) is 0 Å². The van der Waals surface area contributed by atoms with Gasteiger partial charge < -0.3 is 20.6 Å². The SMILES string of the molecule is CC1CCC(c2ncc(-c3ccc(-c4ccc(-c5nc(C6CCC(C)N6)[nH]c5F)cc4)cc3)[nH]2)N1. The third-order valence-electron chi connectivity index (χ3n) is 7.37. The molecule has 0 aliphatic carbocycles. The molecule has 0 radical (unpaired) electrons. The molecule has 6 nitrogen and oxygen atoms in total. The van der Waals surface area contributed by atoms with Gasteiger partial charge in [0.05, 0.1) is 24.0 Å². The van der Waals surface area contributed by atoms with E-state index in [9.17, 15) is 4.39 Å². The van der Waals surface area contributed by atoms with Crippen LogP contribution in [0.2, 0.25) is 0 Å². The highest BCUT2D eigenvalue weighted by Gasteiger charge is 2.26. The molecule has 35 heavy (non-hydrogen) atoms. The molecule has 4 atom stereocenters. The van der Waals surface area contributed by atoms with Crippen molar-refractivity contribution in [3.63, 3.8) is 0 Å². The zero-order valence-corrected chi connectivity index (χ0v) is 20.1. The van der Waals surface area contributed by atoms with Gasteiger partial charge in [0.25, 0.3) is 0 Å². The predicted molar refractivity (Wildman–Crippen MR) is 136 cm³/mol. The second-order valence-electron chi connectivity index (χ2n) is 10.0. The fraction of sp³-hybridized carbons (Fsp3) is 0.357. The van der Waals surface area contributed by atoms with Crippen molar-refractivity contribution in [1.82, 2.24) is 30.6 Å². The molecule has 2 saturated heterocycles. The summed E-state index contributed by atoms with van der Waals surface area (Å²) in [4.78, 5) is 15.5.